The van der Waals surface area contributed by atoms with Gasteiger partial charge in [0, 0.05) is 44.0 Å². The van der Waals surface area contributed by atoms with Gasteiger partial charge >= 0.3 is 6.09 Å². The predicted octanol–water partition coefficient (Wildman–Crippen LogP) is 4.84. The molecule has 2 fully saturated rings. The Morgan fingerprint density at radius 3 is 2.70 bits per heavy atom. The van der Waals surface area contributed by atoms with Crippen LogP contribution in [-0.4, -0.2) is 85.9 Å². The van der Waals surface area contributed by atoms with Crippen molar-refractivity contribution in [2.75, 3.05) is 45.2 Å². The quantitative estimate of drug-likeness (QED) is 0.336. The van der Waals surface area contributed by atoms with Gasteiger partial charge in [0.25, 0.3) is 0 Å². The van der Waals surface area contributed by atoms with E-state index < -0.39 is 11.6 Å². The summed E-state index contributed by atoms with van der Waals surface area (Å²) in [5, 5.41) is 3.02. The van der Waals surface area contributed by atoms with Crippen molar-refractivity contribution in [3.8, 4) is 11.3 Å². The number of halogens is 2. The van der Waals surface area contributed by atoms with Gasteiger partial charge in [0.15, 0.2) is 11.6 Å². The maximum atomic E-state index is 15.0. The van der Waals surface area contributed by atoms with E-state index in [2.05, 4.69) is 30.2 Å². The SMILES string of the molecule is COC(=O)N1CCC2(CN(Cc3ccc(Nc4ncc(F)c(-c5cc(F)c6nc(C)n(C(C)C)c6c5)n4)nc3)CCO2)C1. The summed E-state index contributed by atoms with van der Waals surface area (Å²) in [5.74, 6) is 0.0921. The number of nitrogens with one attached hydrogen (secondary N) is 1. The van der Waals surface area contributed by atoms with Crippen molar-refractivity contribution in [1.82, 2.24) is 34.3 Å². The fourth-order valence-corrected chi connectivity index (χ4v) is 6.09. The zero-order valence-electron chi connectivity index (χ0n) is 24.6. The Kier molecular flexibility index (Phi) is 7.69. The van der Waals surface area contributed by atoms with Crippen LogP contribution >= 0.6 is 0 Å². The number of anilines is 2. The molecule has 1 aromatic carbocycles. The minimum absolute atomic E-state index is 0.0250. The molecule has 1 spiro atoms. The number of carbonyl (C=O) groups is 1. The number of pyridine rings is 1. The first-order valence-electron chi connectivity index (χ1n) is 14.3. The summed E-state index contributed by atoms with van der Waals surface area (Å²) in [6.07, 6.45) is 3.26. The van der Waals surface area contributed by atoms with Crippen LogP contribution in [0.15, 0.2) is 36.7 Å². The molecule has 226 valence electrons. The number of nitrogens with zero attached hydrogens (tertiary/aromatic N) is 7. The van der Waals surface area contributed by atoms with E-state index >= 15 is 4.39 Å². The van der Waals surface area contributed by atoms with Crippen molar-refractivity contribution in [2.24, 2.45) is 0 Å². The second-order valence-corrected chi connectivity index (χ2v) is 11.4. The lowest BCUT2D eigenvalue weighted by molar-refractivity contribution is -0.102. The fraction of sp³-hybridized carbons (Fsp3) is 0.433. The molecule has 0 aliphatic carbocycles. The van der Waals surface area contributed by atoms with E-state index in [1.165, 1.54) is 13.2 Å². The minimum atomic E-state index is -0.666. The van der Waals surface area contributed by atoms with E-state index in [9.17, 15) is 9.18 Å². The summed E-state index contributed by atoms with van der Waals surface area (Å²) in [6.45, 7) is 9.65. The van der Waals surface area contributed by atoms with Gasteiger partial charge in [0.05, 0.1) is 32.0 Å². The smallest absolute Gasteiger partial charge is 0.409 e. The monoisotopic (exact) mass is 592 g/mol. The molecular formula is C30H34F2N8O3. The number of aromatic nitrogens is 5. The third-order valence-corrected chi connectivity index (χ3v) is 8.01. The molecule has 1 unspecified atom stereocenters. The largest absolute Gasteiger partial charge is 0.453 e. The van der Waals surface area contributed by atoms with E-state index in [0.717, 1.165) is 24.7 Å². The molecule has 5 heterocycles. The highest BCUT2D eigenvalue weighted by Crippen LogP contribution is 2.32. The number of aryl methyl sites for hydroxylation is 1. The number of hydrogen-bond acceptors (Lipinski definition) is 9. The van der Waals surface area contributed by atoms with Crippen LogP contribution in [0, 0.1) is 18.6 Å². The second kappa shape index (κ2) is 11.5. The summed E-state index contributed by atoms with van der Waals surface area (Å²) >= 11 is 0. The molecule has 1 atom stereocenters. The molecule has 0 saturated carbocycles. The van der Waals surface area contributed by atoms with Gasteiger partial charge in [-0.25, -0.2) is 33.5 Å². The molecular weight excluding hydrogens is 558 g/mol. The van der Waals surface area contributed by atoms with Gasteiger partial charge in [0.1, 0.15) is 28.5 Å². The predicted molar refractivity (Wildman–Crippen MR) is 156 cm³/mol. The Labute approximate surface area is 247 Å². The van der Waals surface area contributed by atoms with Crippen LogP contribution in [0.2, 0.25) is 0 Å². The number of likely N-dealkylation sites (tertiary alicyclic amines) is 1. The molecule has 11 nitrogen and oxygen atoms in total. The molecule has 1 N–H and O–H groups in total. The van der Waals surface area contributed by atoms with Gasteiger partial charge in [-0.05, 0) is 51.0 Å². The van der Waals surface area contributed by atoms with E-state index in [1.54, 1.807) is 17.2 Å². The maximum Gasteiger partial charge on any atom is 0.409 e. The maximum absolute atomic E-state index is 15.0. The van der Waals surface area contributed by atoms with E-state index in [0.29, 0.717) is 55.5 Å². The number of amides is 1. The molecule has 0 bridgehead atoms. The van der Waals surface area contributed by atoms with Crippen LogP contribution < -0.4 is 5.32 Å². The van der Waals surface area contributed by atoms with Crippen molar-refractivity contribution in [3.05, 3.63) is 59.7 Å². The number of benzene rings is 1. The summed E-state index contributed by atoms with van der Waals surface area (Å²) in [6, 6.07) is 6.76. The summed E-state index contributed by atoms with van der Waals surface area (Å²) in [5.41, 5.74) is 1.70. The number of carbonyl (C=O) groups excluding carboxylic acids is 1. The Morgan fingerprint density at radius 1 is 1.12 bits per heavy atom. The first-order valence-corrected chi connectivity index (χ1v) is 14.3. The lowest BCUT2D eigenvalue weighted by Gasteiger charge is -2.40. The molecule has 4 aromatic rings. The number of hydrogen-bond donors (Lipinski definition) is 1. The van der Waals surface area contributed by atoms with Gasteiger partial charge < -0.3 is 24.3 Å². The number of morpholine rings is 1. The molecule has 2 aliphatic rings. The highest BCUT2D eigenvalue weighted by Gasteiger charge is 2.44. The van der Waals surface area contributed by atoms with Crippen molar-refractivity contribution >= 4 is 28.9 Å². The van der Waals surface area contributed by atoms with Crippen LogP contribution in [-0.2, 0) is 16.0 Å². The lowest BCUT2D eigenvalue weighted by Crippen LogP contribution is -2.53. The van der Waals surface area contributed by atoms with Crippen molar-refractivity contribution < 1.29 is 23.0 Å². The molecule has 2 aliphatic heterocycles. The molecule has 43 heavy (non-hydrogen) atoms. The number of rotatable bonds is 6. The second-order valence-electron chi connectivity index (χ2n) is 11.4. The Hall–Kier alpha value is -4.23. The Bertz CT molecular complexity index is 1660. The average molecular weight is 593 g/mol. The van der Waals surface area contributed by atoms with Gasteiger partial charge in [-0.2, -0.15) is 0 Å². The van der Waals surface area contributed by atoms with Gasteiger partial charge in [-0.3, -0.25) is 4.90 Å². The van der Waals surface area contributed by atoms with Crippen LogP contribution in [0.4, 0.5) is 25.3 Å². The normalized spacial score (nSPS) is 19.1. The highest BCUT2D eigenvalue weighted by atomic mass is 19.1. The summed E-state index contributed by atoms with van der Waals surface area (Å²) < 4.78 is 42.8. The fourth-order valence-electron chi connectivity index (χ4n) is 6.09. The standard InChI is InChI=1S/C30H34F2N8O3/c1-18(2)40-19(3)35-27-22(31)11-21(12-24(27)40)26-23(32)14-34-28(37-26)36-25-6-5-20(13-33-25)15-38-9-10-43-30(16-38)7-8-39(17-30)29(41)42-4/h5-6,11-14,18H,7-10,15-17H2,1-4H3,(H,33,34,36,37). The molecule has 1 amide bonds. The molecule has 6 rings (SSSR count). The van der Waals surface area contributed by atoms with Crippen molar-refractivity contribution in [1.29, 1.82) is 0 Å². The van der Waals surface area contributed by atoms with E-state index in [4.69, 9.17) is 9.47 Å². The van der Waals surface area contributed by atoms with Gasteiger partial charge in [0.2, 0.25) is 5.95 Å². The van der Waals surface area contributed by atoms with Crippen LogP contribution in [0.25, 0.3) is 22.3 Å². The molecule has 13 heteroatoms. The van der Waals surface area contributed by atoms with Crippen molar-refractivity contribution in [3.63, 3.8) is 0 Å². The molecule has 2 saturated heterocycles. The van der Waals surface area contributed by atoms with Crippen molar-refractivity contribution in [2.45, 2.75) is 45.4 Å². The number of ether oxygens (including phenoxy) is 2. The van der Waals surface area contributed by atoms with Crippen LogP contribution in [0.5, 0.6) is 0 Å². The summed E-state index contributed by atoms with van der Waals surface area (Å²) in [4.78, 5) is 33.2. The Morgan fingerprint density at radius 2 is 1.95 bits per heavy atom. The topological polar surface area (TPSA) is 111 Å². The Balaban J connectivity index is 1.15. The minimum Gasteiger partial charge on any atom is -0.453 e. The third kappa shape index (κ3) is 5.74. The first-order chi connectivity index (χ1) is 20.6. The van der Waals surface area contributed by atoms with E-state index in [1.807, 2.05) is 37.5 Å². The molecule has 0 radical (unpaired) electrons. The number of fused-ring (bicyclic) bond motifs is 1. The summed E-state index contributed by atoms with van der Waals surface area (Å²) in [7, 11) is 1.39. The number of methoxy groups -OCH3 is 1. The third-order valence-electron chi connectivity index (χ3n) is 8.01. The van der Waals surface area contributed by atoms with E-state index in [-0.39, 0.29) is 34.9 Å². The highest BCUT2D eigenvalue weighted by molar-refractivity contribution is 5.83. The average Bonchev–Trinajstić information content (AvgIpc) is 3.55. The van der Waals surface area contributed by atoms with Crippen LogP contribution in [0.1, 0.15) is 37.7 Å². The van der Waals surface area contributed by atoms with Gasteiger partial charge in [-0.15, -0.1) is 0 Å². The zero-order chi connectivity index (χ0) is 30.3. The van der Waals surface area contributed by atoms with Gasteiger partial charge in [-0.1, -0.05) is 6.07 Å². The van der Waals surface area contributed by atoms with Crippen LogP contribution in [0.3, 0.4) is 0 Å². The lowest BCUT2D eigenvalue weighted by atomic mass is 10.0. The zero-order valence-corrected chi connectivity index (χ0v) is 24.6. The molecule has 3 aromatic heterocycles. The first kappa shape index (κ1) is 28.9. The number of imidazole rings is 1.